The Balaban J connectivity index is 1.72. The summed E-state index contributed by atoms with van der Waals surface area (Å²) in [7, 11) is 0. The van der Waals surface area contributed by atoms with Crippen molar-refractivity contribution in [1.82, 2.24) is 5.32 Å². The Bertz CT molecular complexity index is 443. The molecule has 0 aliphatic heterocycles. The van der Waals surface area contributed by atoms with E-state index < -0.39 is 0 Å². The maximum atomic E-state index is 11.6. The Morgan fingerprint density at radius 3 is 2.74 bits per heavy atom. The maximum Gasteiger partial charge on any atom is 0.257 e. The average Bonchev–Trinajstić information content (AvgIpc) is 3.16. The molecule has 0 bridgehead atoms. The van der Waals surface area contributed by atoms with Crippen molar-refractivity contribution in [3.8, 4) is 11.5 Å². The van der Waals surface area contributed by atoms with E-state index in [0.29, 0.717) is 12.3 Å². The van der Waals surface area contributed by atoms with Crippen molar-refractivity contribution in [2.75, 3.05) is 19.8 Å². The molecule has 0 radical (unpaired) electrons. The van der Waals surface area contributed by atoms with Crippen LogP contribution in [0.15, 0.2) is 24.3 Å². The Morgan fingerprint density at radius 1 is 1.37 bits per heavy atom. The maximum absolute atomic E-state index is 11.6. The monoisotopic (exact) mass is 265 g/mol. The highest BCUT2D eigenvalue weighted by Gasteiger charge is 2.41. The van der Waals surface area contributed by atoms with Gasteiger partial charge in [0.15, 0.2) is 18.1 Å². The summed E-state index contributed by atoms with van der Waals surface area (Å²) in [5.41, 5.74) is 0.0965. The molecule has 3 N–H and O–H groups in total. The first-order valence-electron chi connectivity index (χ1n) is 6.44. The quantitative estimate of drug-likeness (QED) is 0.688. The molecule has 0 heterocycles. The first-order valence-corrected chi connectivity index (χ1v) is 6.44. The summed E-state index contributed by atoms with van der Waals surface area (Å²) in [6.45, 7) is 0.619. The van der Waals surface area contributed by atoms with Gasteiger partial charge in [0, 0.05) is 13.2 Å². The minimum absolute atomic E-state index is 0.0224. The number of phenolic OH excluding ortho intramolecular Hbond substituents is 1. The molecule has 0 aromatic heterocycles. The summed E-state index contributed by atoms with van der Waals surface area (Å²) in [6, 6.07) is 6.53. The van der Waals surface area contributed by atoms with Gasteiger partial charge in [0.2, 0.25) is 0 Å². The fraction of sp³-hybridized carbons (Fsp3) is 0.500. The minimum Gasteiger partial charge on any atom is -0.504 e. The number of carbonyl (C=O) groups is 1. The van der Waals surface area contributed by atoms with Crippen molar-refractivity contribution in [3.63, 3.8) is 0 Å². The van der Waals surface area contributed by atoms with Gasteiger partial charge in [-0.3, -0.25) is 4.79 Å². The van der Waals surface area contributed by atoms with Crippen LogP contribution in [0.3, 0.4) is 0 Å². The zero-order chi connectivity index (χ0) is 13.7. The van der Waals surface area contributed by atoms with Crippen molar-refractivity contribution in [2.45, 2.75) is 19.3 Å². The first-order chi connectivity index (χ1) is 9.15. The van der Waals surface area contributed by atoms with Gasteiger partial charge in [-0.15, -0.1) is 0 Å². The van der Waals surface area contributed by atoms with E-state index in [1.165, 1.54) is 6.07 Å². The van der Waals surface area contributed by atoms with Gasteiger partial charge in [-0.05, 0) is 36.8 Å². The number of nitrogens with one attached hydrogen (secondary N) is 1. The summed E-state index contributed by atoms with van der Waals surface area (Å²) in [5, 5.41) is 21.2. The van der Waals surface area contributed by atoms with Crippen molar-refractivity contribution >= 4 is 5.91 Å². The topological polar surface area (TPSA) is 78.8 Å². The van der Waals surface area contributed by atoms with E-state index in [1.54, 1.807) is 18.2 Å². The average molecular weight is 265 g/mol. The molecule has 0 saturated heterocycles. The molecule has 5 heteroatoms. The molecule has 2 rings (SSSR count). The number of aliphatic hydroxyl groups is 1. The summed E-state index contributed by atoms with van der Waals surface area (Å²) in [5.74, 6) is 0.107. The molecule has 1 aromatic carbocycles. The largest absolute Gasteiger partial charge is 0.504 e. The van der Waals surface area contributed by atoms with Crippen molar-refractivity contribution in [1.29, 1.82) is 0 Å². The van der Waals surface area contributed by atoms with Gasteiger partial charge in [0.05, 0.1) is 0 Å². The van der Waals surface area contributed by atoms with E-state index in [1.807, 2.05) is 0 Å². The van der Waals surface area contributed by atoms with Crippen LogP contribution in [0, 0.1) is 5.41 Å². The molecular formula is C14H19NO4. The van der Waals surface area contributed by atoms with Crippen LogP contribution in [0.25, 0.3) is 0 Å². The van der Waals surface area contributed by atoms with Gasteiger partial charge >= 0.3 is 0 Å². The Morgan fingerprint density at radius 2 is 2.11 bits per heavy atom. The van der Waals surface area contributed by atoms with Crippen LogP contribution < -0.4 is 10.1 Å². The van der Waals surface area contributed by atoms with Crippen LogP contribution in [0.1, 0.15) is 19.3 Å². The van der Waals surface area contributed by atoms with Gasteiger partial charge in [0.1, 0.15) is 0 Å². The lowest BCUT2D eigenvalue weighted by atomic mass is 10.0. The van der Waals surface area contributed by atoms with Crippen LogP contribution in [-0.4, -0.2) is 35.9 Å². The predicted molar refractivity (Wildman–Crippen MR) is 70.0 cm³/mol. The molecule has 1 saturated carbocycles. The molecule has 1 amide bonds. The van der Waals surface area contributed by atoms with E-state index in [-0.39, 0.29) is 30.3 Å². The lowest BCUT2D eigenvalue weighted by Crippen LogP contribution is -2.34. The summed E-state index contributed by atoms with van der Waals surface area (Å²) in [4.78, 5) is 11.6. The predicted octanol–water partition coefficient (Wildman–Crippen LogP) is 1.05. The minimum atomic E-state index is -0.215. The second-order valence-electron chi connectivity index (χ2n) is 5.01. The third-order valence-electron chi connectivity index (χ3n) is 3.48. The number of ether oxygens (including phenoxy) is 1. The lowest BCUT2D eigenvalue weighted by molar-refractivity contribution is -0.123. The number of hydrogen-bond donors (Lipinski definition) is 3. The molecule has 1 aliphatic rings. The number of aliphatic hydroxyl groups excluding tert-OH is 1. The number of carbonyl (C=O) groups excluding carboxylic acids is 1. The van der Waals surface area contributed by atoms with Gasteiger partial charge < -0.3 is 20.3 Å². The standard InChI is InChI=1S/C14H19NO4/c16-8-7-14(5-6-14)10-15-13(18)9-19-12-4-2-1-3-11(12)17/h1-4,16-17H,5-10H2,(H,15,18). The first kappa shape index (κ1) is 13.7. The third-order valence-corrected chi connectivity index (χ3v) is 3.48. The fourth-order valence-corrected chi connectivity index (χ4v) is 1.99. The van der Waals surface area contributed by atoms with E-state index in [2.05, 4.69) is 5.32 Å². The molecule has 0 atom stereocenters. The zero-order valence-corrected chi connectivity index (χ0v) is 10.8. The molecule has 19 heavy (non-hydrogen) atoms. The van der Waals surface area contributed by atoms with E-state index in [4.69, 9.17) is 9.84 Å². The van der Waals surface area contributed by atoms with Crippen LogP contribution in [-0.2, 0) is 4.79 Å². The Labute approximate surface area is 112 Å². The number of amides is 1. The van der Waals surface area contributed by atoms with Crippen LogP contribution >= 0.6 is 0 Å². The SMILES string of the molecule is O=C(COc1ccccc1O)NCC1(CCO)CC1. The molecular weight excluding hydrogens is 246 g/mol. The van der Waals surface area contributed by atoms with Gasteiger partial charge in [0.25, 0.3) is 5.91 Å². The number of hydrogen-bond acceptors (Lipinski definition) is 4. The van der Waals surface area contributed by atoms with Crippen LogP contribution in [0.2, 0.25) is 0 Å². The van der Waals surface area contributed by atoms with Gasteiger partial charge in [-0.25, -0.2) is 0 Å². The fourth-order valence-electron chi connectivity index (χ4n) is 1.99. The van der Waals surface area contributed by atoms with Crippen LogP contribution in [0.5, 0.6) is 11.5 Å². The van der Waals surface area contributed by atoms with Crippen molar-refractivity contribution in [2.24, 2.45) is 5.41 Å². The highest BCUT2D eigenvalue weighted by molar-refractivity contribution is 5.77. The molecule has 0 unspecified atom stereocenters. The van der Waals surface area contributed by atoms with Crippen LogP contribution in [0.4, 0.5) is 0 Å². The molecule has 5 nitrogen and oxygen atoms in total. The van der Waals surface area contributed by atoms with E-state index in [0.717, 1.165) is 19.3 Å². The Kier molecular flexibility index (Phi) is 4.27. The number of para-hydroxylation sites is 2. The number of rotatable bonds is 7. The van der Waals surface area contributed by atoms with Gasteiger partial charge in [-0.2, -0.15) is 0 Å². The Hall–Kier alpha value is -1.75. The molecule has 0 spiro atoms. The number of aromatic hydroxyl groups is 1. The molecule has 1 aromatic rings. The molecule has 1 aliphatic carbocycles. The highest BCUT2D eigenvalue weighted by Crippen LogP contribution is 2.47. The van der Waals surface area contributed by atoms with E-state index >= 15 is 0 Å². The molecule has 1 fully saturated rings. The zero-order valence-electron chi connectivity index (χ0n) is 10.8. The normalized spacial score (nSPS) is 15.8. The second-order valence-corrected chi connectivity index (χ2v) is 5.01. The summed E-state index contributed by atoms with van der Waals surface area (Å²) in [6.07, 6.45) is 2.83. The summed E-state index contributed by atoms with van der Waals surface area (Å²) >= 11 is 0. The number of benzene rings is 1. The highest BCUT2D eigenvalue weighted by atomic mass is 16.5. The van der Waals surface area contributed by atoms with Gasteiger partial charge in [-0.1, -0.05) is 12.1 Å². The smallest absolute Gasteiger partial charge is 0.257 e. The van der Waals surface area contributed by atoms with E-state index in [9.17, 15) is 9.90 Å². The lowest BCUT2D eigenvalue weighted by Gasteiger charge is -2.14. The summed E-state index contributed by atoms with van der Waals surface area (Å²) < 4.78 is 5.23. The van der Waals surface area contributed by atoms with Crippen molar-refractivity contribution < 1.29 is 19.7 Å². The van der Waals surface area contributed by atoms with Crippen molar-refractivity contribution in [3.05, 3.63) is 24.3 Å². The molecule has 104 valence electrons. The second kappa shape index (κ2) is 5.93. The number of phenols is 1. The third kappa shape index (κ3) is 3.86.